The molecule has 0 aliphatic carbocycles. The van der Waals surface area contributed by atoms with Crippen molar-refractivity contribution in [2.24, 2.45) is 0 Å². The van der Waals surface area contributed by atoms with E-state index in [1.54, 1.807) is 30.3 Å². The Balaban J connectivity index is 0.00000363. The molecule has 0 unspecified atom stereocenters. The molecule has 0 radical (unpaired) electrons. The number of nitro benzene ring substituents is 1. The van der Waals surface area contributed by atoms with Crippen molar-refractivity contribution < 1.29 is 9.66 Å². The molecule has 170 valence electrons. The Morgan fingerprint density at radius 2 is 1.56 bits per heavy atom. The highest BCUT2D eigenvalue weighted by Crippen LogP contribution is 2.26. The molecular weight excluding hydrogens is 496 g/mol. The van der Waals surface area contributed by atoms with Crippen LogP contribution in [0.15, 0.2) is 60.7 Å². The Morgan fingerprint density at radius 3 is 2.25 bits per heavy atom. The molecule has 0 heterocycles. The summed E-state index contributed by atoms with van der Waals surface area (Å²) in [5.41, 5.74) is 2.65. The maximum atomic E-state index is 10.7. The highest BCUT2D eigenvalue weighted by atomic mass is 35.5. The predicted octanol–water partition coefficient (Wildman–Crippen LogP) is 6.76. The van der Waals surface area contributed by atoms with Crippen LogP contribution in [0.1, 0.15) is 11.1 Å². The Morgan fingerprint density at radius 1 is 0.875 bits per heavy atom. The quantitative estimate of drug-likeness (QED) is 0.177. The highest BCUT2D eigenvalue weighted by Gasteiger charge is 2.08. The van der Waals surface area contributed by atoms with E-state index >= 15 is 0 Å². The number of non-ortho nitro benzene ring substituents is 1. The van der Waals surface area contributed by atoms with E-state index in [1.807, 2.05) is 18.2 Å². The minimum absolute atomic E-state index is 0. The lowest BCUT2D eigenvalue weighted by atomic mass is 10.2. The van der Waals surface area contributed by atoms with E-state index in [-0.39, 0.29) is 18.1 Å². The lowest BCUT2D eigenvalue weighted by molar-refractivity contribution is -0.384. The molecule has 0 saturated heterocycles. The van der Waals surface area contributed by atoms with Crippen LogP contribution in [0, 0.1) is 10.1 Å². The van der Waals surface area contributed by atoms with Crippen LogP contribution < -0.4 is 15.4 Å². The molecule has 0 aliphatic rings. The number of rotatable bonds is 10. The summed E-state index contributed by atoms with van der Waals surface area (Å²) in [7, 11) is 0. The van der Waals surface area contributed by atoms with Gasteiger partial charge in [-0.1, -0.05) is 40.9 Å². The predicted molar refractivity (Wildman–Crippen MR) is 133 cm³/mol. The first-order valence-electron chi connectivity index (χ1n) is 9.46. The molecule has 0 amide bonds. The third-order valence-corrected chi connectivity index (χ3v) is 5.27. The van der Waals surface area contributed by atoms with Gasteiger partial charge in [0, 0.05) is 63.6 Å². The van der Waals surface area contributed by atoms with Gasteiger partial charge in [-0.15, -0.1) is 12.4 Å². The smallest absolute Gasteiger partial charge is 0.269 e. The topological polar surface area (TPSA) is 76.4 Å². The fraction of sp³-hybridized carbons (Fsp3) is 0.182. The fourth-order valence-electron chi connectivity index (χ4n) is 2.84. The third kappa shape index (κ3) is 7.73. The number of nitrogens with one attached hydrogen (secondary N) is 2. The largest absolute Gasteiger partial charge is 0.489 e. The van der Waals surface area contributed by atoms with Crippen molar-refractivity contribution in [1.29, 1.82) is 0 Å². The summed E-state index contributed by atoms with van der Waals surface area (Å²) in [6.45, 7) is 2.19. The summed E-state index contributed by atoms with van der Waals surface area (Å²) >= 11 is 18.3. The maximum Gasteiger partial charge on any atom is 0.269 e. The number of hydrogen-bond acceptors (Lipinski definition) is 5. The summed E-state index contributed by atoms with van der Waals surface area (Å²) in [5.74, 6) is 0.714. The molecule has 0 aromatic heterocycles. The first kappa shape index (κ1) is 26.0. The molecule has 0 fully saturated rings. The maximum absolute atomic E-state index is 10.7. The van der Waals surface area contributed by atoms with Crippen LogP contribution in [0.2, 0.25) is 15.1 Å². The van der Waals surface area contributed by atoms with Crippen molar-refractivity contribution in [2.75, 3.05) is 18.4 Å². The molecule has 10 heteroatoms. The van der Waals surface area contributed by atoms with Crippen LogP contribution in [-0.2, 0) is 13.2 Å². The highest BCUT2D eigenvalue weighted by molar-refractivity contribution is 6.35. The summed E-state index contributed by atoms with van der Waals surface area (Å²) in [5, 5.41) is 19.0. The van der Waals surface area contributed by atoms with E-state index < -0.39 is 4.92 Å². The van der Waals surface area contributed by atoms with E-state index in [1.165, 1.54) is 12.1 Å². The number of halogens is 4. The van der Waals surface area contributed by atoms with E-state index in [9.17, 15) is 10.1 Å². The molecule has 0 spiro atoms. The number of hydrogen-bond donors (Lipinski definition) is 2. The van der Waals surface area contributed by atoms with Gasteiger partial charge < -0.3 is 15.4 Å². The standard InChI is InChI=1S/C22H20Cl3N3O3.ClH/c23-17-3-8-22(31-14-15-1-2-18(24)12-21(15)25)16(11-17)13-26-9-10-27-19-4-6-20(7-5-19)28(29)30;/h1-8,11-12,26-27H,9-10,13-14H2;1H. The van der Waals surface area contributed by atoms with Crippen LogP contribution in [0.3, 0.4) is 0 Å². The first-order valence-corrected chi connectivity index (χ1v) is 10.6. The summed E-state index contributed by atoms with van der Waals surface area (Å²) < 4.78 is 5.96. The SMILES string of the molecule is Cl.O=[N+]([O-])c1ccc(NCCNCc2cc(Cl)ccc2OCc2ccc(Cl)cc2Cl)cc1. The van der Waals surface area contributed by atoms with Gasteiger partial charge in [-0.25, -0.2) is 0 Å². The number of anilines is 1. The molecule has 3 aromatic rings. The number of nitro groups is 1. The molecule has 3 aromatic carbocycles. The second-order valence-corrected chi connectivity index (χ2v) is 7.96. The number of ether oxygens (including phenoxy) is 1. The lowest BCUT2D eigenvalue weighted by Crippen LogP contribution is -2.22. The molecular formula is C22H21Cl4N3O3. The molecule has 0 bridgehead atoms. The van der Waals surface area contributed by atoms with Crippen molar-refractivity contribution in [3.05, 3.63) is 97.0 Å². The Kier molecular flexibility index (Phi) is 10.4. The number of benzene rings is 3. The van der Waals surface area contributed by atoms with Gasteiger partial charge in [0.2, 0.25) is 0 Å². The van der Waals surface area contributed by atoms with Gasteiger partial charge >= 0.3 is 0 Å². The van der Waals surface area contributed by atoms with E-state index in [0.717, 1.165) is 16.8 Å². The van der Waals surface area contributed by atoms with Crippen LogP contribution in [0.4, 0.5) is 11.4 Å². The summed E-state index contributed by atoms with van der Waals surface area (Å²) in [6, 6.07) is 17.1. The molecule has 6 nitrogen and oxygen atoms in total. The van der Waals surface area contributed by atoms with Gasteiger partial charge in [-0.3, -0.25) is 10.1 Å². The summed E-state index contributed by atoms with van der Waals surface area (Å²) in [4.78, 5) is 10.3. The van der Waals surface area contributed by atoms with E-state index in [2.05, 4.69) is 10.6 Å². The van der Waals surface area contributed by atoms with Crippen molar-refractivity contribution in [3.63, 3.8) is 0 Å². The second kappa shape index (κ2) is 12.7. The first-order chi connectivity index (χ1) is 14.9. The Labute approximate surface area is 207 Å². The summed E-state index contributed by atoms with van der Waals surface area (Å²) in [6.07, 6.45) is 0. The molecule has 0 saturated carbocycles. The number of nitrogens with zero attached hydrogens (tertiary/aromatic N) is 1. The van der Waals surface area contributed by atoms with Gasteiger partial charge in [0.05, 0.1) is 4.92 Å². The van der Waals surface area contributed by atoms with E-state index in [4.69, 9.17) is 39.5 Å². The molecule has 32 heavy (non-hydrogen) atoms. The van der Waals surface area contributed by atoms with E-state index in [0.29, 0.717) is 47.1 Å². The van der Waals surface area contributed by atoms with Gasteiger partial charge in [0.1, 0.15) is 12.4 Å². The third-order valence-electron chi connectivity index (χ3n) is 4.45. The Bertz CT molecular complexity index is 1050. The zero-order chi connectivity index (χ0) is 22.2. The van der Waals surface area contributed by atoms with Gasteiger partial charge in [-0.05, 0) is 42.5 Å². The molecule has 0 atom stereocenters. The molecule has 0 aliphatic heterocycles. The van der Waals surface area contributed by atoms with Crippen molar-refractivity contribution >= 4 is 58.6 Å². The average Bonchev–Trinajstić information content (AvgIpc) is 2.74. The normalized spacial score (nSPS) is 10.3. The minimum atomic E-state index is -0.420. The van der Waals surface area contributed by atoms with Crippen molar-refractivity contribution in [3.8, 4) is 5.75 Å². The fourth-order valence-corrected chi connectivity index (χ4v) is 3.50. The average molecular weight is 517 g/mol. The van der Waals surface area contributed by atoms with Gasteiger partial charge in [-0.2, -0.15) is 0 Å². The van der Waals surface area contributed by atoms with Crippen LogP contribution in [0.25, 0.3) is 0 Å². The molecule has 3 rings (SSSR count). The van der Waals surface area contributed by atoms with Crippen LogP contribution >= 0.6 is 47.2 Å². The monoisotopic (exact) mass is 515 g/mol. The minimum Gasteiger partial charge on any atom is -0.489 e. The second-order valence-electron chi connectivity index (χ2n) is 6.68. The van der Waals surface area contributed by atoms with Crippen LogP contribution in [-0.4, -0.2) is 18.0 Å². The van der Waals surface area contributed by atoms with Crippen LogP contribution in [0.5, 0.6) is 5.75 Å². The van der Waals surface area contributed by atoms with Gasteiger partial charge in [0.15, 0.2) is 0 Å². The Hall–Kier alpha value is -2.22. The van der Waals surface area contributed by atoms with Gasteiger partial charge in [0.25, 0.3) is 5.69 Å². The molecule has 2 N–H and O–H groups in total. The van der Waals surface area contributed by atoms with Crippen molar-refractivity contribution in [1.82, 2.24) is 5.32 Å². The zero-order valence-electron chi connectivity index (χ0n) is 16.8. The lowest BCUT2D eigenvalue weighted by Gasteiger charge is -2.14. The van der Waals surface area contributed by atoms with Crippen molar-refractivity contribution in [2.45, 2.75) is 13.2 Å². The zero-order valence-corrected chi connectivity index (χ0v) is 19.9.